The van der Waals surface area contributed by atoms with Gasteiger partial charge in [0.2, 0.25) is 0 Å². The van der Waals surface area contributed by atoms with Crippen LogP contribution in [-0.4, -0.2) is 29.0 Å². The minimum absolute atomic E-state index is 0.188. The molecule has 1 atom stereocenters. The molecule has 2 N–H and O–H groups in total. The second-order valence-electron chi connectivity index (χ2n) is 4.73. The quantitative estimate of drug-likeness (QED) is 0.903. The number of hydrogen-bond acceptors (Lipinski definition) is 5. The molecule has 20 heavy (non-hydrogen) atoms. The van der Waals surface area contributed by atoms with Gasteiger partial charge < -0.3 is 15.2 Å². The summed E-state index contributed by atoms with van der Waals surface area (Å²) in [6.45, 7) is 4.10. The lowest BCUT2D eigenvalue weighted by Crippen LogP contribution is -2.20. The number of nitrogens with two attached hydrogens (primary N) is 1. The molecule has 0 aliphatic rings. The summed E-state index contributed by atoms with van der Waals surface area (Å²) in [7, 11) is 3.21. The zero-order valence-electron chi connectivity index (χ0n) is 12.2. The molecule has 0 saturated heterocycles. The van der Waals surface area contributed by atoms with Crippen molar-refractivity contribution in [3.63, 3.8) is 0 Å². The van der Waals surface area contributed by atoms with E-state index >= 15 is 0 Å². The van der Waals surface area contributed by atoms with Crippen LogP contribution in [0.1, 0.15) is 37.2 Å². The smallest absolute Gasteiger partial charge is 0.161 e. The third-order valence-electron chi connectivity index (χ3n) is 3.17. The third kappa shape index (κ3) is 2.46. The number of nitrogens with zero attached hydrogens (tertiary/aromatic N) is 3. The molecular weight excluding hydrogens is 256 g/mol. The summed E-state index contributed by atoms with van der Waals surface area (Å²) < 4.78 is 12.6. The highest BCUT2D eigenvalue weighted by molar-refractivity contribution is 5.41. The van der Waals surface area contributed by atoms with Gasteiger partial charge in [0.15, 0.2) is 5.75 Å². The Morgan fingerprint density at radius 3 is 2.45 bits per heavy atom. The van der Waals surface area contributed by atoms with Gasteiger partial charge in [-0.15, -0.1) is 0 Å². The Morgan fingerprint density at radius 1 is 1.15 bits per heavy atom. The molecule has 6 nitrogen and oxygen atoms in total. The first-order chi connectivity index (χ1) is 9.60. The number of rotatable bonds is 5. The Morgan fingerprint density at radius 2 is 1.85 bits per heavy atom. The van der Waals surface area contributed by atoms with Gasteiger partial charge in [-0.3, -0.25) is 9.67 Å². The fourth-order valence-electron chi connectivity index (χ4n) is 2.19. The number of pyridine rings is 1. The standard InChI is InChI=1S/C14H20N4O2/c1-9(2)18-14(12(20-4)8-17-18)13(15)10-5-6-16-7-11(10)19-3/h5-9,13H,15H2,1-4H3. The Hall–Kier alpha value is -2.08. The van der Waals surface area contributed by atoms with Crippen LogP contribution in [0, 0.1) is 0 Å². The van der Waals surface area contributed by atoms with E-state index in [1.54, 1.807) is 32.8 Å². The van der Waals surface area contributed by atoms with Gasteiger partial charge in [-0.05, 0) is 19.9 Å². The lowest BCUT2D eigenvalue weighted by atomic mass is 10.0. The normalized spacial score (nSPS) is 12.5. The molecule has 0 bridgehead atoms. The monoisotopic (exact) mass is 276 g/mol. The van der Waals surface area contributed by atoms with Crippen LogP contribution >= 0.6 is 0 Å². The van der Waals surface area contributed by atoms with Gasteiger partial charge in [0.05, 0.1) is 32.7 Å². The molecule has 6 heteroatoms. The van der Waals surface area contributed by atoms with E-state index < -0.39 is 6.04 Å². The van der Waals surface area contributed by atoms with Crippen molar-refractivity contribution in [3.05, 3.63) is 35.9 Å². The second kappa shape index (κ2) is 5.92. The van der Waals surface area contributed by atoms with Crippen molar-refractivity contribution in [2.45, 2.75) is 25.9 Å². The maximum absolute atomic E-state index is 6.40. The largest absolute Gasteiger partial charge is 0.495 e. The van der Waals surface area contributed by atoms with Gasteiger partial charge in [-0.1, -0.05) is 0 Å². The molecule has 0 aliphatic carbocycles. The summed E-state index contributed by atoms with van der Waals surface area (Å²) in [4.78, 5) is 4.05. The first-order valence-electron chi connectivity index (χ1n) is 6.45. The second-order valence-corrected chi connectivity index (χ2v) is 4.73. The lowest BCUT2D eigenvalue weighted by Gasteiger charge is -2.19. The summed E-state index contributed by atoms with van der Waals surface area (Å²) in [5.74, 6) is 1.32. The molecule has 2 rings (SSSR count). The van der Waals surface area contributed by atoms with Gasteiger partial charge >= 0.3 is 0 Å². The SMILES string of the molecule is COc1cnccc1C(N)c1c(OC)cnn1C(C)C. The molecule has 108 valence electrons. The topological polar surface area (TPSA) is 75.2 Å². The van der Waals surface area contributed by atoms with Gasteiger partial charge in [-0.2, -0.15) is 5.10 Å². The van der Waals surface area contributed by atoms with E-state index in [9.17, 15) is 0 Å². The van der Waals surface area contributed by atoms with Crippen LogP contribution in [0.15, 0.2) is 24.7 Å². The van der Waals surface area contributed by atoms with Crippen molar-refractivity contribution in [1.82, 2.24) is 14.8 Å². The first kappa shape index (κ1) is 14.3. The molecule has 2 aromatic rings. The number of aromatic nitrogens is 3. The fraction of sp³-hybridized carbons (Fsp3) is 0.429. The van der Waals surface area contributed by atoms with E-state index in [0.717, 1.165) is 11.3 Å². The molecule has 0 radical (unpaired) electrons. The van der Waals surface area contributed by atoms with Crippen LogP contribution in [0.5, 0.6) is 11.5 Å². The number of ether oxygens (including phenoxy) is 2. The fourth-order valence-corrected chi connectivity index (χ4v) is 2.19. The van der Waals surface area contributed by atoms with Gasteiger partial charge in [-0.25, -0.2) is 0 Å². The Bertz CT molecular complexity index is 580. The van der Waals surface area contributed by atoms with E-state index in [0.29, 0.717) is 11.5 Å². The highest BCUT2D eigenvalue weighted by Gasteiger charge is 2.24. The molecule has 0 fully saturated rings. The highest BCUT2D eigenvalue weighted by atomic mass is 16.5. The van der Waals surface area contributed by atoms with Crippen LogP contribution in [0.2, 0.25) is 0 Å². The predicted molar refractivity (Wildman–Crippen MR) is 76.0 cm³/mol. The summed E-state index contributed by atoms with van der Waals surface area (Å²) >= 11 is 0. The van der Waals surface area contributed by atoms with E-state index in [1.165, 1.54) is 0 Å². The van der Waals surface area contributed by atoms with Crippen LogP contribution in [0.3, 0.4) is 0 Å². The first-order valence-corrected chi connectivity index (χ1v) is 6.45. The van der Waals surface area contributed by atoms with Crippen molar-refractivity contribution in [3.8, 4) is 11.5 Å². The summed E-state index contributed by atoms with van der Waals surface area (Å²) in [6, 6.07) is 1.64. The minimum Gasteiger partial charge on any atom is -0.495 e. The molecule has 0 spiro atoms. The molecule has 2 heterocycles. The van der Waals surface area contributed by atoms with Gasteiger partial charge in [0.25, 0.3) is 0 Å². The van der Waals surface area contributed by atoms with E-state index in [1.807, 2.05) is 24.6 Å². The number of hydrogen-bond donors (Lipinski definition) is 1. The maximum atomic E-state index is 6.40. The average molecular weight is 276 g/mol. The Labute approximate surface area is 118 Å². The summed E-state index contributed by atoms with van der Waals surface area (Å²) in [5.41, 5.74) is 8.08. The van der Waals surface area contributed by atoms with E-state index in [-0.39, 0.29) is 6.04 Å². The summed E-state index contributed by atoms with van der Waals surface area (Å²) in [6.07, 6.45) is 5.03. The van der Waals surface area contributed by atoms with Gasteiger partial charge in [0, 0.05) is 17.8 Å². The molecule has 0 saturated carbocycles. The van der Waals surface area contributed by atoms with E-state index in [4.69, 9.17) is 15.2 Å². The van der Waals surface area contributed by atoms with Crippen molar-refractivity contribution >= 4 is 0 Å². The minimum atomic E-state index is -0.396. The third-order valence-corrected chi connectivity index (χ3v) is 3.17. The molecule has 0 aliphatic heterocycles. The van der Waals surface area contributed by atoms with Crippen LogP contribution < -0.4 is 15.2 Å². The molecule has 0 aromatic carbocycles. The number of methoxy groups -OCH3 is 2. The highest BCUT2D eigenvalue weighted by Crippen LogP contribution is 2.33. The van der Waals surface area contributed by atoms with Crippen LogP contribution in [-0.2, 0) is 0 Å². The zero-order valence-corrected chi connectivity index (χ0v) is 12.2. The predicted octanol–water partition coefficient (Wildman–Crippen LogP) is 1.92. The van der Waals surface area contributed by atoms with Crippen LogP contribution in [0.4, 0.5) is 0 Å². The van der Waals surface area contributed by atoms with Crippen molar-refractivity contribution < 1.29 is 9.47 Å². The van der Waals surface area contributed by atoms with Crippen molar-refractivity contribution in [2.24, 2.45) is 5.73 Å². The van der Waals surface area contributed by atoms with Gasteiger partial charge in [0.1, 0.15) is 11.4 Å². The van der Waals surface area contributed by atoms with E-state index in [2.05, 4.69) is 10.1 Å². The molecule has 0 amide bonds. The molecule has 2 aromatic heterocycles. The molecule has 1 unspecified atom stereocenters. The van der Waals surface area contributed by atoms with Crippen molar-refractivity contribution in [2.75, 3.05) is 14.2 Å². The molecular formula is C14H20N4O2. The Balaban J connectivity index is 2.52. The zero-order chi connectivity index (χ0) is 14.7. The average Bonchev–Trinajstić information content (AvgIpc) is 2.90. The Kier molecular flexibility index (Phi) is 4.24. The lowest BCUT2D eigenvalue weighted by molar-refractivity contribution is 0.392. The summed E-state index contributed by atoms with van der Waals surface area (Å²) in [5, 5.41) is 4.34. The van der Waals surface area contributed by atoms with Crippen LogP contribution in [0.25, 0.3) is 0 Å². The maximum Gasteiger partial charge on any atom is 0.161 e. The van der Waals surface area contributed by atoms with Crippen molar-refractivity contribution in [1.29, 1.82) is 0 Å².